The molecule has 4 atom stereocenters. The molecule has 0 aromatic carbocycles. The molecule has 0 aromatic rings. The predicted molar refractivity (Wildman–Crippen MR) is 111 cm³/mol. The van der Waals surface area contributed by atoms with Crippen LogP contribution in [0.15, 0.2) is 0 Å². The summed E-state index contributed by atoms with van der Waals surface area (Å²) in [6.07, 6.45) is -2.46. The van der Waals surface area contributed by atoms with Crippen molar-refractivity contribution in [3.05, 3.63) is 0 Å². The Bertz CT molecular complexity index is 1120. The summed E-state index contributed by atoms with van der Waals surface area (Å²) in [6, 6.07) is -5.18. The van der Waals surface area contributed by atoms with Crippen molar-refractivity contribution in [2.45, 2.75) is 50.6 Å². The number of carbonyl (C=O) groups is 9. The summed E-state index contributed by atoms with van der Waals surface area (Å²) in [4.78, 5) is 116. The molecule has 3 fully saturated rings. The number of carbonyl (C=O) groups excluding carboxylic acids is 9. The molecule has 3 saturated heterocycles. The van der Waals surface area contributed by atoms with Gasteiger partial charge in [-0.3, -0.25) is 33.7 Å². The van der Waals surface area contributed by atoms with Crippen LogP contribution in [0, 0.1) is 0 Å². The normalized spacial score (nSPS) is 24.3. The number of rotatable bonds is 9. The minimum absolute atomic E-state index is 0. The van der Waals surface area contributed by atoms with Crippen LogP contribution in [-0.2, 0) is 52.7 Å². The molecule has 6 amide bonds. The fraction of sp³-hybridized carbons (Fsp3) is 0.550. The number of imide groups is 1. The van der Waals surface area contributed by atoms with Crippen LogP contribution in [0.1, 0.15) is 26.7 Å². The van der Waals surface area contributed by atoms with Crippen LogP contribution in [-0.4, -0.2) is 112 Å². The molecule has 3 rings (SSSR count). The number of piperazine rings is 1. The maximum absolute atomic E-state index is 13.0. The smallest absolute Gasteiger partial charge is 0.544 e. The second kappa shape index (κ2) is 12.4. The van der Waals surface area contributed by atoms with Gasteiger partial charge in [-0.15, -0.1) is 5.06 Å². The van der Waals surface area contributed by atoms with E-state index in [1.54, 1.807) is 6.92 Å². The Hall–Kier alpha value is -3.77. The first kappa shape index (κ1) is 31.4. The topological polar surface area (TPSA) is 238 Å². The fourth-order valence-electron chi connectivity index (χ4n) is 3.88. The van der Waals surface area contributed by atoms with Gasteiger partial charge in [0, 0.05) is 26.1 Å². The van der Waals surface area contributed by atoms with E-state index in [4.69, 9.17) is 0 Å². The Labute approximate surface area is 241 Å². The van der Waals surface area contributed by atoms with Crippen molar-refractivity contribution in [2.75, 3.05) is 19.6 Å². The van der Waals surface area contributed by atoms with Crippen LogP contribution < -0.4 is 45.3 Å². The third-order valence-corrected chi connectivity index (χ3v) is 5.99. The number of nitrogens with one attached hydrogen (secondary N) is 2. The summed E-state index contributed by atoms with van der Waals surface area (Å²) in [5, 5.41) is 15.7. The minimum Gasteiger partial charge on any atom is -0.544 e. The number of carboxylic acid groups (broad SMARTS) is 1. The summed E-state index contributed by atoms with van der Waals surface area (Å²) in [7, 11) is 0. The number of nitrogens with zero attached hydrogens (tertiary/aromatic N) is 3. The molecule has 3 aliphatic heterocycles. The van der Waals surface area contributed by atoms with Crippen LogP contribution in [0.4, 0.5) is 4.79 Å². The molecule has 0 bridgehead atoms. The first-order chi connectivity index (χ1) is 17.9. The van der Waals surface area contributed by atoms with Crippen LogP contribution in [0.5, 0.6) is 0 Å². The van der Waals surface area contributed by atoms with Gasteiger partial charge in [0.05, 0.1) is 6.42 Å². The molecule has 19 heteroatoms. The van der Waals surface area contributed by atoms with Gasteiger partial charge in [-0.05, 0) is 13.8 Å². The van der Waals surface area contributed by atoms with Gasteiger partial charge >= 0.3 is 59.3 Å². The number of carboxylic acids is 1. The van der Waals surface area contributed by atoms with Gasteiger partial charge in [0.2, 0.25) is 11.9 Å². The van der Waals surface area contributed by atoms with E-state index in [0.29, 0.717) is 4.90 Å². The Morgan fingerprint density at radius 3 is 2.38 bits per heavy atom. The average molecular weight is 563 g/mol. The Morgan fingerprint density at radius 2 is 1.85 bits per heavy atom. The number of ether oxygens (including phenoxy) is 2. The summed E-state index contributed by atoms with van der Waals surface area (Å²) < 4.78 is 9.35. The molecule has 18 nitrogen and oxygen atoms in total. The number of urea groups is 1. The van der Waals surface area contributed by atoms with Gasteiger partial charge in [0.25, 0.3) is 18.1 Å². The predicted octanol–water partition coefficient (Wildman–Crippen LogP) is -8.11. The van der Waals surface area contributed by atoms with Gasteiger partial charge in [0.15, 0.2) is 0 Å². The molecular formula is C20H22N5NaO13. The van der Waals surface area contributed by atoms with Gasteiger partial charge in [-0.1, -0.05) is 0 Å². The molecule has 0 spiro atoms. The van der Waals surface area contributed by atoms with E-state index in [1.165, 1.54) is 4.90 Å². The average Bonchev–Trinajstić information content (AvgIpc) is 3.39. The maximum atomic E-state index is 13.0. The van der Waals surface area contributed by atoms with E-state index in [0.717, 1.165) is 6.92 Å². The van der Waals surface area contributed by atoms with Gasteiger partial charge in [-0.2, -0.15) is 0 Å². The van der Waals surface area contributed by atoms with Crippen molar-refractivity contribution in [3.63, 3.8) is 0 Å². The van der Waals surface area contributed by atoms with E-state index in [1.807, 2.05) is 5.32 Å². The van der Waals surface area contributed by atoms with Crippen molar-refractivity contribution in [2.24, 2.45) is 0 Å². The number of aliphatic carboxylic acids is 1. The minimum atomic E-state index is -2.75. The first-order valence-electron chi connectivity index (χ1n) is 11.2. The Kier molecular flexibility index (Phi) is 9.99. The SMILES string of the molecule is CCN1CCN(C(=O)N[C@@H](C(=O)N[C@@H]2C(=O)ON(C3(C(=O)[O-])CCC(=O)O3)C2=O)[C@H](C)OC=O)C(=O)C1=O.[Na+]. The summed E-state index contributed by atoms with van der Waals surface area (Å²) in [5.41, 5.74) is -2.75. The van der Waals surface area contributed by atoms with Crippen LogP contribution in [0.2, 0.25) is 0 Å². The molecule has 0 radical (unpaired) electrons. The second-order valence-corrected chi connectivity index (χ2v) is 8.24. The van der Waals surface area contributed by atoms with Crippen molar-refractivity contribution < 1.29 is 92.1 Å². The molecule has 0 aromatic heterocycles. The molecule has 0 aliphatic carbocycles. The van der Waals surface area contributed by atoms with Crippen LogP contribution >= 0.6 is 0 Å². The summed E-state index contributed by atoms with van der Waals surface area (Å²) in [5.74, 6) is -9.40. The monoisotopic (exact) mass is 563 g/mol. The van der Waals surface area contributed by atoms with Crippen LogP contribution in [0.25, 0.3) is 0 Å². The van der Waals surface area contributed by atoms with Crippen molar-refractivity contribution in [1.29, 1.82) is 0 Å². The van der Waals surface area contributed by atoms with E-state index in [9.17, 15) is 48.3 Å². The molecule has 206 valence electrons. The largest absolute Gasteiger partial charge is 1.00 e. The number of amides is 6. The third-order valence-electron chi connectivity index (χ3n) is 5.99. The van der Waals surface area contributed by atoms with Gasteiger partial charge in [-0.25, -0.2) is 9.59 Å². The Morgan fingerprint density at radius 1 is 1.18 bits per heavy atom. The summed E-state index contributed by atoms with van der Waals surface area (Å²) >= 11 is 0. The van der Waals surface area contributed by atoms with Crippen molar-refractivity contribution >= 4 is 54.0 Å². The number of cyclic esters (lactones) is 1. The molecule has 3 heterocycles. The summed E-state index contributed by atoms with van der Waals surface area (Å²) in [6.45, 7) is 2.76. The molecule has 3 aliphatic rings. The van der Waals surface area contributed by atoms with E-state index in [-0.39, 0.29) is 60.7 Å². The van der Waals surface area contributed by atoms with Crippen LogP contribution in [0.3, 0.4) is 0 Å². The quantitative estimate of drug-likeness (QED) is 0.0872. The van der Waals surface area contributed by atoms with Crippen molar-refractivity contribution in [3.8, 4) is 0 Å². The molecule has 2 N–H and O–H groups in total. The standard InChI is InChI=1S/C20H23N5O13.Na/c1-3-23-6-7-24(16(31)15(23)30)19(35)22-11(9(2)36-8-26)13(28)21-12-14(29)25(38-17(12)32)20(18(33)34)5-4-10(27)37-20;/h8-9,11-12H,3-7H2,1-2H3,(H,21,28)(H,22,35)(H,33,34);/q;+1/p-1/t9-,11+,12-,20?;/m0./s1. The second-order valence-electron chi connectivity index (χ2n) is 8.24. The number of hydrogen-bond donors (Lipinski definition) is 2. The number of esters is 1. The first-order valence-corrected chi connectivity index (χ1v) is 11.2. The number of hydrogen-bond acceptors (Lipinski definition) is 13. The molecular weight excluding hydrogens is 541 g/mol. The molecule has 39 heavy (non-hydrogen) atoms. The van der Waals surface area contributed by atoms with Crippen molar-refractivity contribution in [1.82, 2.24) is 25.5 Å². The zero-order valence-electron chi connectivity index (χ0n) is 21.0. The Balaban J connectivity index is 0.00000533. The fourth-order valence-corrected chi connectivity index (χ4v) is 3.88. The zero-order valence-corrected chi connectivity index (χ0v) is 23.0. The van der Waals surface area contributed by atoms with E-state index < -0.39 is 84.3 Å². The number of likely N-dealkylation sites (N-methyl/N-ethyl adjacent to an activating group) is 1. The van der Waals surface area contributed by atoms with Gasteiger partial charge < -0.3 is 39.7 Å². The molecule has 1 unspecified atom stereocenters. The molecule has 0 saturated carbocycles. The zero-order chi connectivity index (χ0) is 28.4. The third kappa shape index (κ3) is 5.96. The maximum Gasteiger partial charge on any atom is 1.00 e. The van der Waals surface area contributed by atoms with E-state index >= 15 is 0 Å². The number of hydroxylamine groups is 2. The van der Waals surface area contributed by atoms with E-state index in [2.05, 4.69) is 19.6 Å². The van der Waals surface area contributed by atoms with Gasteiger partial charge in [0.1, 0.15) is 18.1 Å².